The first-order valence-corrected chi connectivity index (χ1v) is 5.87. The zero-order chi connectivity index (χ0) is 12.5. The summed E-state index contributed by atoms with van der Waals surface area (Å²) in [7, 11) is 1.62. The zero-order valence-electron chi connectivity index (χ0n) is 10.3. The maximum Gasteiger partial charge on any atom is 0.237 e. The first-order chi connectivity index (χ1) is 8.79. The van der Waals surface area contributed by atoms with E-state index in [1.807, 2.05) is 31.2 Å². The zero-order valence-corrected chi connectivity index (χ0v) is 10.3. The lowest BCUT2D eigenvalue weighted by molar-refractivity contribution is 0.109. The minimum absolute atomic E-state index is 0.0199. The van der Waals surface area contributed by atoms with Gasteiger partial charge in [0.1, 0.15) is 24.4 Å². The molecule has 0 radical (unpaired) electrons. The summed E-state index contributed by atoms with van der Waals surface area (Å²) >= 11 is 0. The third-order valence-corrected chi connectivity index (χ3v) is 3.17. The summed E-state index contributed by atoms with van der Waals surface area (Å²) in [4.78, 5) is 4.38. The van der Waals surface area contributed by atoms with Crippen molar-refractivity contribution >= 4 is 0 Å². The number of hydrogen-bond donors (Lipinski definition) is 0. The maximum absolute atomic E-state index is 5.60. The van der Waals surface area contributed by atoms with Crippen molar-refractivity contribution in [1.29, 1.82) is 0 Å². The molecule has 2 aromatic rings. The van der Waals surface area contributed by atoms with E-state index in [1.165, 1.54) is 0 Å². The smallest absolute Gasteiger partial charge is 0.237 e. The van der Waals surface area contributed by atoms with Gasteiger partial charge >= 0.3 is 0 Å². The van der Waals surface area contributed by atoms with E-state index in [9.17, 15) is 0 Å². The van der Waals surface area contributed by atoms with Crippen LogP contribution in [-0.2, 0) is 4.74 Å². The summed E-state index contributed by atoms with van der Waals surface area (Å²) < 4.78 is 16.1. The predicted octanol–water partition coefficient (Wildman–Crippen LogP) is 2.30. The molecule has 0 bridgehead atoms. The molecule has 0 amide bonds. The van der Waals surface area contributed by atoms with E-state index in [2.05, 4.69) is 10.1 Å². The monoisotopic (exact) mass is 246 g/mol. The van der Waals surface area contributed by atoms with E-state index in [0.717, 1.165) is 11.3 Å². The highest BCUT2D eigenvalue weighted by Crippen LogP contribution is 2.37. The minimum atomic E-state index is -0.167. The van der Waals surface area contributed by atoms with Gasteiger partial charge in [0.2, 0.25) is 5.89 Å². The van der Waals surface area contributed by atoms with E-state index in [-0.39, 0.29) is 12.0 Å². The Morgan fingerprint density at radius 2 is 2.22 bits per heavy atom. The molecule has 18 heavy (non-hydrogen) atoms. The number of hydrogen-bond acceptors (Lipinski definition) is 5. The van der Waals surface area contributed by atoms with Gasteiger partial charge in [-0.15, -0.1) is 0 Å². The van der Waals surface area contributed by atoms with Crippen molar-refractivity contribution in [1.82, 2.24) is 10.1 Å². The Morgan fingerprint density at radius 1 is 1.39 bits per heavy atom. The summed E-state index contributed by atoms with van der Waals surface area (Å²) in [5.74, 6) is 2.06. The van der Waals surface area contributed by atoms with Crippen LogP contribution >= 0.6 is 0 Å². The van der Waals surface area contributed by atoms with Crippen LogP contribution in [0.5, 0.6) is 5.75 Å². The molecule has 1 aromatic heterocycles. The highest BCUT2D eigenvalue weighted by atomic mass is 16.5. The summed E-state index contributed by atoms with van der Waals surface area (Å²) in [6.45, 7) is 2.43. The van der Waals surface area contributed by atoms with Crippen LogP contribution in [0.15, 0.2) is 28.8 Å². The molecule has 2 heterocycles. The van der Waals surface area contributed by atoms with Crippen LogP contribution in [-0.4, -0.2) is 23.9 Å². The van der Waals surface area contributed by atoms with Crippen molar-refractivity contribution in [3.05, 3.63) is 41.5 Å². The molecular weight excluding hydrogens is 232 g/mol. The first-order valence-electron chi connectivity index (χ1n) is 5.87. The first kappa shape index (κ1) is 11.2. The molecule has 0 saturated heterocycles. The molecule has 5 nitrogen and oxygen atoms in total. The fraction of sp³-hybridized carbons (Fsp3) is 0.385. The third kappa shape index (κ3) is 1.76. The number of rotatable bonds is 3. The number of aromatic nitrogens is 2. The third-order valence-electron chi connectivity index (χ3n) is 3.17. The summed E-state index contributed by atoms with van der Waals surface area (Å²) in [5, 5.41) is 3.94. The molecular formula is C13H14N2O3. The lowest BCUT2D eigenvalue weighted by Crippen LogP contribution is -2.04. The van der Waals surface area contributed by atoms with Gasteiger partial charge in [0, 0.05) is 12.7 Å². The molecule has 0 saturated carbocycles. The summed E-state index contributed by atoms with van der Waals surface area (Å²) in [6.07, 6.45) is -0.167. The van der Waals surface area contributed by atoms with Crippen molar-refractivity contribution in [2.75, 3.05) is 13.7 Å². The van der Waals surface area contributed by atoms with E-state index >= 15 is 0 Å². The fourth-order valence-electron chi connectivity index (χ4n) is 2.03. The standard InChI is InChI=1S/C13H14N2O3/c1-8(16-2)12-14-13(18-15-12)10-7-17-11-6-4-3-5-9(10)11/h3-6,8,10H,7H2,1-2H3/t8-,10+/m0/s1. The van der Waals surface area contributed by atoms with Gasteiger partial charge in [0.25, 0.3) is 0 Å². The van der Waals surface area contributed by atoms with Crippen LogP contribution < -0.4 is 4.74 Å². The topological polar surface area (TPSA) is 57.4 Å². The second-order valence-electron chi connectivity index (χ2n) is 4.27. The van der Waals surface area contributed by atoms with E-state index < -0.39 is 0 Å². The van der Waals surface area contributed by atoms with Crippen LogP contribution in [0.4, 0.5) is 0 Å². The molecule has 3 rings (SSSR count). The molecule has 0 N–H and O–H groups in total. The largest absolute Gasteiger partial charge is 0.492 e. The number of benzene rings is 1. The van der Waals surface area contributed by atoms with Crippen LogP contribution in [0.2, 0.25) is 0 Å². The molecule has 1 aliphatic rings. The van der Waals surface area contributed by atoms with Crippen molar-refractivity contribution in [3.63, 3.8) is 0 Å². The van der Waals surface area contributed by atoms with E-state index in [0.29, 0.717) is 18.3 Å². The van der Waals surface area contributed by atoms with Gasteiger partial charge in [-0.05, 0) is 13.0 Å². The van der Waals surface area contributed by atoms with E-state index in [4.69, 9.17) is 14.0 Å². The second-order valence-corrected chi connectivity index (χ2v) is 4.27. The van der Waals surface area contributed by atoms with Gasteiger partial charge < -0.3 is 14.0 Å². The summed E-state index contributed by atoms with van der Waals surface area (Å²) in [6, 6.07) is 7.91. The highest BCUT2D eigenvalue weighted by molar-refractivity contribution is 5.42. The fourth-order valence-corrected chi connectivity index (χ4v) is 2.03. The number of nitrogens with zero attached hydrogens (tertiary/aromatic N) is 2. The van der Waals surface area contributed by atoms with Crippen LogP contribution in [0, 0.1) is 0 Å². The normalized spacial score (nSPS) is 19.3. The van der Waals surface area contributed by atoms with Crippen molar-refractivity contribution in [3.8, 4) is 5.75 Å². The van der Waals surface area contributed by atoms with Crippen molar-refractivity contribution in [2.45, 2.75) is 18.9 Å². The Kier molecular flexibility index (Phi) is 2.76. The van der Waals surface area contributed by atoms with Crippen molar-refractivity contribution in [2.24, 2.45) is 0 Å². The molecule has 0 unspecified atom stereocenters. The predicted molar refractivity (Wildman–Crippen MR) is 63.5 cm³/mol. The molecule has 1 aliphatic heterocycles. The molecule has 0 spiro atoms. The molecule has 94 valence electrons. The highest BCUT2D eigenvalue weighted by Gasteiger charge is 2.30. The van der Waals surface area contributed by atoms with Crippen LogP contribution in [0.25, 0.3) is 0 Å². The lowest BCUT2D eigenvalue weighted by Gasteiger charge is -2.02. The van der Waals surface area contributed by atoms with E-state index in [1.54, 1.807) is 7.11 Å². The van der Waals surface area contributed by atoms with Gasteiger partial charge in [0.15, 0.2) is 5.82 Å². The Bertz CT molecular complexity index is 553. The second kappa shape index (κ2) is 4.42. The minimum Gasteiger partial charge on any atom is -0.492 e. The maximum atomic E-state index is 5.60. The Hall–Kier alpha value is -1.88. The number of fused-ring (bicyclic) bond motifs is 1. The number of ether oxygens (including phenoxy) is 2. The Balaban J connectivity index is 1.91. The molecule has 5 heteroatoms. The average molecular weight is 246 g/mol. The number of methoxy groups -OCH3 is 1. The van der Waals surface area contributed by atoms with Gasteiger partial charge in [-0.1, -0.05) is 23.4 Å². The molecule has 0 fully saturated rings. The van der Waals surface area contributed by atoms with Gasteiger partial charge in [0.05, 0.1) is 0 Å². The van der Waals surface area contributed by atoms with Crippen molar-refractivity contribution < 1.29 is 14.0 Å². The van der Waals surface area contributed by atoms with Gasteiger partial charge in [-0.25, -0.2) is 0 Å². The van der Waals surface area contributed by atoms with Gasteiger partial charge in [-0.2, -0.15) is 4.98 Å². The van der Waals surface area contributed by atoms with Gasteiger partial charge in [-0.3, -0.25) is 0 Å². The quantitative estimate of drug-likeness (QED) is 0.831. The summed E-state index contributed by atoms with van der Waals surface area (Å²) in [5.41, 5.74) is 1.10. The molecule has 2 atom stereocenters. The lowest BCUT2D eigenvalue weighted by atomic mass is 10.0. The Morgan fingerprint density at radius 3 is 3.06 bits per heavy atom. The molecule has 1 aromatic carbocycles. The number of para-hydroxylation sites is 1. The SMILES string of the molecule is CO[C@@H](C)c1noc([C@@H]2COc3ccccc32)n1. The van der Waals surface area contributed by atoms with Crippen LogP contribution in [0.1, 0.15) is 36.2 Å². The Labute approximate surface area is 105 Å². The molecule has 0 aliphatic carbocycles. The van der Waals surface area contributed by atoms with Crippen LogP contribution in [0.3, 0.4) is 0 Å². The average Bonchev–Trinajstić information content (AvgIpc) is 3.03.